The summed E-state index contributed by atoms with van der Waals surface area (Å²) in [7, 11) is 0. The fourth-order valence-electron chi connectivity index (χ4n) is 2.46. The van der Waals surface area contributed by atoms with Crippen LogP contribution in [0.15, 0.2) is 30.3 Å². The molecule has 1 amide bonds. The van der Waals surface area contributed by atoms with Crippen LogP contribution in [0.25, 0.3) is 0 Å². The van der Waals surface area contributed by atoms with E-state index in [-0.39, 0.29) is 12.0 Å². The second kappa shape index (κ2) is 8.46. The van der Waals surface area contributed by atoms with Gasteiger partial charge in [0.1, 0.15) is 23.1 Å². The topological polar surface area (TPSA) is 67.4 Å². The van der Waals surface area contributed by atoms with Crippen LogP contribution in [0.5, 0.6) is 5.75 Å². The van der Waals surface area contributed by atoms with Crippen LogP contribution in [0.2, 0.25) is 0 Å². The molecule has 0 radical (unpaired) electrons. The molecule has 1 heterocycles. The summed E-state index contributed by atoms with van der Waals surface area (Å²) >= 11 is 0. The van der Waals surface area contributed by atoms with Crippen molar-refractivity contribution in [3.05, 3.63) is 41.9 Å². The number of hydrogen-bond acceptors (Lipinski definition) is 5. The van der Waals surface area contributed by atoms with Crippen LogP contribution < -0.4 is 15.0 Å². The van der Waals surface area contributed by atoms with Crippen LogP contribution >= 0.6 is 0 Å². The van der Waals surface area contributed by atoms with Gasteiger partial charge in [0.15, 0.2) is 0 Å². The lowest BCUT2D eigenvalue weighted by atomic mass is 10.2. The molecule has 134 valence electrons. The molecule has 1 aromatic heterocycles. The quantitative estimate of drug-likeness (QED) is 0.831. The summed E-state index contributed by atoms with van der Waals surface area (Å²) in [6, 6.07) is 9.03. The lowest BCUT2D eigenvalue weighted by molar-refractivity contribution is 0.102. The van der Waals surface area contributed by atoms with Crippen LogP contribution in [0, 0.1) is 6.92 Å². The van der Waals surface area contributed by atoms with E-state index in [0.29, 0.717) is 17.2 Å². The summed E-state index contributed by atoms with van der Waals surface area (Å²) < 4.78 is 5.60. The van der Waals surface area contributed by atoms with E-state index >= 15 is 0 Å². The van der Waals surface area contributed by atoms with Crippen molar-refractivity contribution >= 4 is 17.4 Å². The molecule has 0 saturated heterocycles. The molecular formula is C19H26N4O2. The van der Waals surface area contributed by atoms with Gasteiger partial charge in [-0.1, -0.05) is 0 Å². The molecule has 0 unspecified atom stereocenters. The summed E-state index contributed by atoms with van der Waals surface area (Å²) in [6.45, 7) is 11.5. The fraction of sp³-hybridized carbons (Fsp3) is 0.421. The molecular weight excluding hydrogens is 316 g/mol. The number of ether oxygens (including phenoxy) is 1. The van der Waals surface area contributed by atoms with Crippen molar-refractivity contribution in [1.29, 1.82) is 0 Å². The largest absolute Gasteiger partial charge is 0.491 e. The molecule has 0 bridgehead atoms. The Morgan fingerprint density at radius 3 is 2.36 bits per heavy atom. The lowest BCUT2D eigenvalue weighted by Gasteiger charge is -2.20. The summed E-state index contributed by atoms with van der Waals surface area (Å²) in [5.74, 6) is 1.87. The highest BCUT2D eigenvalue weighted by molar-refractivity contribution is 6.03. The van der Waals surface area contributed by atoms with Crippen LogP contribution in [0.1, 0.15) is 44.0 Å². The molecule has 0 atom stereocenters. The highest BCUT2D eigenvalue weighted by Gasteiger charge is 2.13. The Morgan fingerprint density at radius 2 is 1.80 bits per heavy atom. The maximum Gasteiger partial charge on any atom is 0.274 e. The number of rotatable bonds is 7. The van der Waals surface area contributed by atoms with Crippen molar-refractivity contribution in [3.8, 4) is 5.75 Å². The fourth-order valence-corrected chi connectivity index (χ4v) is 2.46. The minimum absolute atomic E-state index is 0.114. The van der Waals surface area contributed by atoms with Crippen molar-refractivity contribution in [2.45, 2.75) is 40.7 Å². The van der Waals surface area contributed by atoms with Gasteiger partial charge < -0.3 is 15.0 Å². The van der Waals surface area contributed by atoms with E-state index in [4.69, 9.17) is 4.74 Å². The minimum atomic E-state index is -0.253. The Kier molecular flexibility index (Phi) is 6.33. The van der Waals surface area contributed by atoms with Gasteiger partial charge in [-0.25, -0.2) is 9.97 Å². The minimum Gasteiger partial charge on any atom is -0.491 e. The van der Waals surface area contributed by atoms with E-state index in [0.717, 1.165) is 24.7 Å². The predicted octanol–water partition coefficient (Wildman–Crippen LogP) is 3.67. The third-order valence-corrected chi connectivity index (χ3v) is 3.63. The average Bonchev–Trinajstić information content (AvgIpc) is 2.57. The first-order valence-corrected chi connectivity index (χ1v) is 8.61. The first-order valence-electron chi connectivity index (χ1n) is 8.61. The van der Waals surface area contributed by atoms with Crippen LogP contribution in [-0.4, -0.2) is 35.1 Å². The van der Waals surface area contributed by atoms with E-state index < -0.39 is 0 Å². The average molecular weight is 342 g/mol. The monoisotopic (exact) mass is 342 g/mol. The molecule has 6 heteroatoms. The van der Waals surface area contributed by atoms with Crippen molar-refractivity contribution in [2.24, 2.45) is 0 Å². The van der Waals surface area contributed by atoms with Gasteiger partial charge in [0.2, 0.25) is 0 Å². The number of carbonyl (C=O) groups is 1. The predicted molar refractivity (Wildman–Crippen MR) is 100 cm³/mol. The smallest absolute Gasteiger partial charge is 0.274 e. The van der Waals surface area contributed by atoms with E-state index in [2.05, 4.69) is 34.0 Å². The maximum atomic E-state index is 12.5. The standard InChI is InChI=1S/C19H26N4O2/c1-6-23(7-2)18-12-17(20-14(5)21-18)19(24)22-15-8-10-16(11-9-15)25-13(3)4/h8-13H,6-7H2,1-5H3,(H,22,24). The molecule has 0 saturated carbocycles. The van der Waals surface area contributed by atoms with Crippen LogP contribution in [0.3, 0.4) is 0 Å². The van der Waals surface area contributed by atoms with Crippen LogP contribution in [0.4, 0.5) is 11.5 Å². The van der Waals surface area contributed by atoms with Gasteiger partial charge in [-0.3, -0.25) is 4.79 Å². The Labute approximate surface area is 149 Å². The highest BCUT2D eigenvalue weighted by Crippen LogP contribution is 2.18. The molecule has 0 fully saturated rings. The molecule has 0 aliphatic rings. The molecule has 2 aromatic rings. The molecule has 1 N–H and O–H groups in total. The van der Waals surface area contributed by atoms with Gasteiger partial charge in [0, 0.05) is 24.8 Å². The summed E-state index contributed by atoms with van der Waals surface area (Å²) in [5, 5.41) is 2.86. The summed E-state index contributed by atoms with van der Waals surface area (Å²) in [5.41, 5.74) is 1.05. The molecule has 0 spiro atoms. The van der Waals surface area contributed by atoms with E-state index in [9.17, 15) is 4.79 Å². The zero-order chi connectivity index (χ0) is 18.4. The Morgan fingerprint density at radius 1 is 1.16 bits per heavy atom. The van der Waals surface area contributed by atoms with Gasteiger partial charge in [0.05, 0.1) is 6.10 Å². The zero-order valence-electron chi connectivity index (χ0n) is 15.5. The molecule has 1 aromatic carbocycles. The lowest BCUT2D eigenvalue weighted by Crippen LogP contribution is -2.24. The number of nitrogens with one attached hydrogen (secondary N) is 1. The first-order chi connectivity index (χ1) is 11.9. The Balaban J connectivity index is 2.15. The van der Waals surface area contributed by atoms with Gasteiger partial charge in [0.25, 0.3) is 5.91 Å². The zero-order valence-corrected chi connectivity index (χ0v) is 15.5. The molecule has 2 rings (SSSR count). The third-order valence-electron chi connectivity index (χ3n) is 3.63. The third kappa shape index (κ3) is 5.17. The van der Waals surface area contributed by atoms with Crippen molar-refractivity contribution in [3.63, 3.8) is 0 Å². The van der Waals surface area contributed by atoms with Crippen LogP contribution in [-0.2, 0) is 0 Å². The second-order valence-corrected chi connectivity index (χ2v) is 5.98. The van der Waals surface area contributed by atoms with Gasteiger partial charge in [-0.15, -0.1) is 0 Å². The Hall–Kier alpha value is -2.63. The van der Waals surface area contributed by atoms with Gasteiger partial charge in [-0.2, -0.15) is 0 Å². The van der Waals surface area contributed by atoms with E-state index in [1.165, 1.54) is 0 Å². The number of aryl methyl sites for hydroxylation is 1. The first kappa shape index (κ1) is 18.7. The van der Waals surface area contributed by atoms with E-state index in [1.54, 1.807) is 13.0 Å². The number of anilines is 2. The Bertz CT molecular complexity index is 710. The number of amides is 1. The number of hydrogen-bond donors (Lipinski definition) is 1. The number of aromatic nitrogens is 2. The van der Waals surface area contributed by atoms with Gasteiger partial charge in [-0.05, 0) is 58.9 Å². The molecule has 6 nitrogen and oxygen atoms in total. The second-order valence-electron chi connectivity index (χ2n) is 5.98. The van der Waals surface area contributed by atoms with E-state index in [1.807, 2.05) is 38.1 Å². The highest BCUT2D eigenvalue weighted by atomic mass is 16.5. The number of nitrogens with zero attached hydrogens (tertiary/aromatic N) is 3. The van der Waals surface area contributed by atoms with Crippen molar-refractivity contribution < 1.29 is 9.53 Å². The molecule has 0 aliphatic heterocycles. The molecule has 25 heavy (non-hydrogen) atoms. The number of carbonyl (C=O) groups excluding carboxylic acids is 1. The maximum absolute atomic E-state index is 12.5. The number of benzene rings is 1. The SMILES string of the molecule is CCN(CC)c1cc(C(=O)Nc2ccc(OC(C)C)cc2)nc(C)n1. The molecule has 0 aliphatic carbocycles. The summed E-state index contributed by atoms with van der Waals surface area (Å²) in [4.78, 5) is 23.3. The summed E-state index contributed by atoms with van der Waals surface area (Å²) in [6.07, 6.45) is 0.114. The van der Waals surface area contributed by atoms with Crippen molar-refractivity contribution in [1.82, 2.24) is 9.97 Å². The van der Waals surface area contributed by atoms with Crippen molar-refractivity contribution in [2.75, 3.05) is 23.3 Å². The van der Waals surface area contributed by atoms with Gasteiger partial charge >= 0.3 is 0 Å². The normalized spacial score (nSPS) is 10.6.